The van der Waals surface area contributed by atoms with Crippen molar-refractivity contribution in [3.05, 3.63) is 35.4 Å². The highest BCUT2D eigenvalue weighted by Crippen LogP contribution is 2.12. The average Bonchev–Trinajstić information content (AvgIpc) is 2.30. The molecule has 1 rings (SSSR count). The van der Waals surface area contributed by atoms with Gasteiger partial charge in [0.1, 0.15) is 18.8 Å². The van der Waals surface area contributed by atoms with Crippen LogP contribution in [0.25, 0.3) is 0 Å². The van der Waals surface area contributed by atoms with Gasteiger partial charge in [0.2, 0.25) is 0 Å². The molecule has 0 atom stereocenters. The number of thioether (sulfide) groups is 1. The van der Waals surface area contributed by atoms with Crippen LogP contribution >= 0.6 is 11.8 Å². The minimum atomic E-state index is -0.432. The lowest BCUT2D eigenvalue weighted by molar-refractivity contribution is -0.145. The Morgan fingerprint density at radius 2 is 1.89 bits per heavy atom. The van der Waals surface area contributed by atoms with Gasteiger partial charge in [-0.1, -0.05) is 29.8 Å². The van der Waals surface area contributed by atoms with Gasteiger partial charge in [-0.25, -0.2) is 0 Å². The maximum atomic E-state index is 11.1. The average molecular weight is 266 g/mol. The zero-order valence-corrected chi connectivity index (χ0v) is 11.6. The summed E-state index contributed by atoms with van der Waals surface area (Å²) in [5.74, 6) is 1.06. The smallest absolute Gasteiger partial charge is 0.313 e. The molecular formula is C14H18O3S. The van der Waals surface area contributed by atoms with Crippen LogP contribution in [-0.2, 0) is 20.1 Å². The lowest BCUT2D eigenvalue weighted by atomic mass is 10.2. The van der Waals surface area contributed by atoms with E-state index in [4.69, 9.17) is 4.74 Å². The fourth-order valence-electron chi connectivity index (χ4n) is 1.34. The van der Waals surface area contributed by atoms with Gasteiger partial charge in [0.15, 0.2) is 0 Å². The number of rotatable bonds is 7. The van der Waals surface area contributed by atoms with Gasteiger partial charge in [-0.05, 0) is 19.4 Å². The molecule has 0 spiro atoms. The molecule has 0 radical (unpaired) electrons. The van der Waals surface area contributed by atoms with Gasteiger partial charge >= 0.3 is 5.97 Å². The van der Waals surface area contributed by atoms with Gasteiger partial charge in [-0.2, -0.15) is 11.8 Å². The second-order valence-electron chi connectivity index (χ2n) is 4.14. The topological polar surface area (TPSA) is 43.4 Å². The monoisotopic (exact) mass is 266 g/mol. The van der Waals surface area contributed by atoms with Crippen LogP contribution in [-0.4, -0.2) is 24.1 Å². The molecule has 0 amide bonds. The highest BCUT2D eigenvalue weighted by molar-refractivity contribution is 7.98. The third kappa shape index (κ3) is 6.45. The van der Waals surface area contributed by atoms with E-state index in [2.05, 4.69) is 31.2 Å². The van der Waals surface area contributed by atoms with E-state index in [-0.39, 0.29) is 12.2 Å². The van der Waals surface area contributed by atoms with Crippen LogP contribution in [0.15, 0.2) is 24.3 Å². The predicted octanol–water partition coefficient (Wildman–Crippen LogP) is 2.75. The highest BCUT2D eigenvalue weighted by atomic mass is 32.2. The number of ketones is 1. The third-order valence-electron chi connectivity index (χ3n) is 2.27. The van der Waals surface area contributed by atoms with Gasteiger partial charge in [0, 0.05) is 11.5 Å². The molecule has 0 bridgehead atoms. The SMILES string of the molecule is CC(=O)CC(=O)OCCSCc1ccc(C)cc1. The Morgan fingerprint density at radius 3 is 2.50 bits per heavy atom. The molecule has 1 aromatic rings. The Morgan fingerprint density at radius 1 is 1.22 bits per heavy atom. The van der Waals surface area contributed by atoms with E-state index in [1.807, 2.05) is 0 Å². The molecule has 0 aliphatic heterocycles. The Labute approximate surface area is 112 Å². The molecule has 0 fully saturated rings. The molecule has 0 aliphatic rings. The van der Waals surface area contributed by atoms with Crippen molar-refractivity contribution in [1.82, 2.24) is 0 Å². The van der Waals surface area contributed by atoms with E-state index >= 15 is 0 Å². The lowest BCUT2D eigenvalue weighted by Crippen LogP contribution is -2.10. The second kappa shape index (κ2) is 7.93. The molecule has 0 unspecified atom stereocenters. The first-order chi connectivity index (χ1) is 8.58. The second-order valence-corrected chi connectivity index (χ2v) is 5.24. The van der Waals surface area contributed by atoms with Crippen molar-refractivity contribution >= 4 is 23.5 Å². The van der Waals surface area contributed by atoms with Gasteiger partial charge < -0.3 is 4.74 Å². The number of ether oxygens (including phenoxy) is 1. The normalized spacial score (nSPS) is 10.1. The molecule has 4 heteroatoms. The summed E-state index contributed by atoms with van der Waals surface area (Å²) in [5, 5.41) is 0. The summed E-state index contributed by atoms with van der Waals surface area (Å²) in [7, 11) is 0. The summed E-state index contributed by atoms with van der Waals surface area (Å²) in [6.07, 6.45) is -0.122. The summed E-state index contributed by atoms with van der Waals surface area (Å²) < 4.78 is 4.93. The minimum absolute atomic E-state index is 0.122. The highest BCUT2D eigenvalue weighted by Gasteiger charge is 2.05. The van der Waals surface area contributed by atoms with Gasteiger partial charge in [0.05, 0.1) is 0 Å². The first kappa shape index (κ1) is 14.8. The van der Waals surface area contributed by atoms with Crippen LogP contribution in [0, 0.1) is 6.92 Å². The molecule has 98 valence electrons. The molecule has 3 nitrogen and oxygen atoms in total. The first-order valence-corrected chi connectivity index (χ1v) is 7.02. The van der Waals surface area contributed by atoms with Crippen LogP contribution in [0.1, 0.15) is 24.5 Å². The van der Waals surface area contributed by atoms with Crippen molar-refractivity contribution in [2.24, 2.45) is 0 Å². The van der Waals surface area contributed by atoms with Crippen LogP contribution in [0.2, 0.25) is 0 Å². The summed E-state index contributed by atoms with van der Waals surface area (Å²) in [5.41, 5.74) is 2.52. The minimum Gasteiger partial charge on any atom is -0.464 e. The molecule has 0 saturated heterocycles. The Hall–Kier alpha value is -1.29. The Balaban J connectivity index is 2.10. The molecule has 0 aromatic heterocycles. The van der Waals surface area contributed by atoms with Crippen LogP contribution < -0.4 is 0 Å². The van der Waals surface area contributed by atoms with E-state index < -0.39 is 5.97 Å². The third-order valence-corrected chi connectivity index (χ3v) is 3.27. The maximum absolute atomic E-state index is 11.1. The van der Waals surface area contributed by atoms with E-state index in [0.717, 1.165) is 11.5 Å². The summed E-state index contributed by atoms with van der Waals surface area (Å²) in [4.78, 5) is 21.7. The Bertz CT molecular complexity index is 398. The predicted molar refractivity (Wildman–Crippen MR) is 73.6 cm³/mol. The van der Waals surface area contributed by atoms with E-state index in [9.17, 15) is 9.59 Å². The van der Waals surface area contributed by atoms with Gasteiger partial charge in [-0.15, -0.1) is 0 Å². The van der Waals surface area contributed by atoms with E-state index in [1.165, 1.54) is 18.1 Å². The number of carbonyl (C=O) groups excluding carboxylic acids is 2. The number of hydrogen-bond donors (Lipinski definition) is 0. The first-order valence-electron chi connectivity index (χ1n) is 5.86. The molecule has 0 aliphatic carbocycles. The van der Waals surface area contributed by atoms with E-state index in [0.29, 0.717) is 6.61 Å². The van der Waals surface area contributed by atoms with E-state index in [1.54, 1.807) is 11.8 Å². The van der Waals surface area contributed by atoms with Crippen molar-refractivity contribution in [1.29, 1.82) is 0 Å². The van der Waals surface area contributed by atoms with Crippen LogP contribution in [0.4, 0.5) is 0 Å². The summed E-state index contributed by atoms with van der Waals surface area (Å²) in [6, 6.07) is 8.37. The molecule has 0 heterocycles. The summed E-state index contributed by atoms with van der Waals surface area (Å²) >= 11 is 1.71. The van der Waals surface area contributed by atoms with Crippen molar-refractivity contribution in [2.45, 2.75) is 26.0 Å². The maximum Gasteiger partial charge on any atom is 0.313 e. The number of hydrogen-bond acceptors (Lipinski definition) is 4. The Kier molecular flexibility index (Phi) is 6.50. The molecular weight excluding hydrogens is 248 g/mol. The zero-order valence-electron chi connectivity index (χ0n) is 10.8. The molecule has 0 saturated carbocycles. The zero-order chi connectivity index (χ0) is 13.4. The fraction of sp³-hybridized carbons (Fsp3) is 0.429. The molecule has 1 aromatic carbocycles. The number of carbonyl (C=O) groups is 2. The van der Waals surface area contributed by atoms with Crippen LogP contribution in [0.3, 0.4) is 0 Å². The number of benzene rings is 1. The number of aryl methyl sites for hydroxylation is 1. The number of Topliss-reactive ketones (excluding diaryl/α,β-unsaturated/α-hetero) is 1. The van der Waals surface area contributed by atoms with Gasteiger partial charge in [-0.3, -0.25) is 9.59 Å². The molecule has 18 heavy (non-hydrogen) atoms. The molecule has 0 N–H and O–H groups in total. The quantitative estimate of drug-likeness (QED) is 0.432. The van der Waals surface area contributed by atoms with Crippen molar-refractivity contribution in [3.8, 4) is 0 Å². The van der Waals surface area contributed by atoms with Crippen molar-refractivity contribution in [3.63, 3.8) is 0 Å². The van der Waals surface area contributed by atoms with Gasteiger partial charge in [0.25, 0.3) is 0 Å². The lowest BCUT2D eigenvalue weighted by Gasteiger charge is -2.04. The van der Waals surface area contributed by atoms with Crippen LogP contribution in [0.5, 0.6) is 0 Å². The summed E-state index contributed by atoms with van der Waals surface area (Å²) in [6.45, 7) is 3.81. The fourth-order valence-corrected chi connectivity index (χ4v) is 2.12. The number of esters is 1. The van der Waals surface area contributed by atoms with Crippen molar-refractivity contribution < 1.29 is 14.3 Å². The largest absolute Gasteiger partial charge is 0.464 e. The standard InChI is InChI=1S/C14H18O3S/c1-11-3-5-13(6-4-11)10-18-8-7-17-14(16)9-12(2)15/h3-6H,7-10H2,1-2H3. The van der Waals surface area contributed by atoms with Crippen molar-refractivity contribution in [2.75, 3.05) is 12.4 Å².